The summed E-state index contributed by atoms with van der Waals surface area (Å²) in [4.78, 5) is 30.7. The van der Waals surface area contributed by atoms with Crippen molar-refractivity contribution >= 4 is 33.7 Å². The summed E-state index contributed by atoms with van der Waals surface area (Å²) in [5.41, 5.74) is 6.81. The number of rotatable bonds is 4. The van der Waals surface area contributed by atoms with Gasteiger partial charge in [-0.2, -0.15) is 14.6 Å². The van der Waals surface area contributed by atoms with Crippen LogP contribution in [-0.2, 0) is 4.79 Å². The molecule has 4 N–H and O–H groups in total. The minimum Gasteiger partial charge on any atom is -0.354 e. The monoisotopic (exact) mass is 399 g/mol. The Hall–Kier alpha value is -2.82. The molecule has 3 aromatic rings. The highest BCUT2D eigenvalue weighted by molar-refractivity contribution is 7.19. The molecule has 2 aromatic heterocycles. The van der Waals surface area contributed by atoms with Crippen molar-refractivity contribution in [2.45, 2.75) is 13.0 Å². The summed E-state index contributed by atoms with van der Waals surface area (Å²) in [6.45, 7) is 4.95. The number of nitrogens with one attached hydrogen (secondary N) is 2. The Balaban J connectivity index is 1.72. The average Bonchev–Trinajstić information content (AvgIpc) is 3.12. The van der Waals surface area contributed by atoms with Crippen LogP contribution in [0.15, 0.2) is 35.1 Å². The molecule has 0 saturated carbocycles. The summed E-state index contributed by atoms with van der Waals surface area (Å²) in [5, 5.41) is 11.5. The predicted octanol–water partition coefficient (Wildman–Crippen LogP) is 0.513. The van der Waals surface area contributed by atoms with Crippen molar-refractivity contribution in [2.24, 2.45) is 5.73 Å². The lowest BCUT2D eigenvalue weighted by Crippen LogP contribution is -2.44. The van der Waals surface area contributed by atoms with Crippen LogP contribution in [0, 0.1) is 0 Å². The zero-order valence-corrected chi connectivity index (χ0v) is 16.2. The van der Waals surface area contributed by atoms with Gasteiger partial charge in [0, 0.05) is 43.5 Å². The number of aromatic nitrogens is 3. The first kappa shape index (κ1) is 18.5. The lowest BCUT2D eigenvalue weighted by atomic mass is 10.2. The van der Waals surface area contributed by atoms with Crippen LogP contribution in [0.1, 0.15) is 6.92 Å². The summed E-state index contributed by atoms with van der Waals surface area (Å²) < 4.78 is 1.72. The zero-order chi connectivity index (χ0) is 19.7. The number of piperazine rings is 1. The van der Waals surface area contributed by atoms with Gasteiger partial charge < -0.3 is 21.3 Å². The summed E-state index contributed by atoms with van der Waals surface area (Å²) >= 11 is 1.34. The average molecular weight is 399 g/mol. The molecule has 3 heterocycles. The first-order chi connectivity index (χ1) is 13.5. The molecule has 0 bridgehead atoms. The van der Waals surface area contributed by atoms with Crippen molar-refractivity contribution in [3.63, 3.8) is 0 Å². The van der Waals surface area contributed by atoms with E-state index in [2.05, 4.69) is 25.6 Å². The number of hydrogen-bond acceptors (Lipinski definition) is 8. The van der Waals surface area contributed by atoms with E-state index in [0.717, 1.165) is 37.6 Å². The van der Waals surface area contributed by atoms with Crippen LogP contribution in [0.3, 0.4) is 0 Å². The van der Waals surface area contributed by atoms with Gasteiger partial charge >= 0.3 is 0 Å². The molecule has 1 aliphatic heterocycles. The molecule has 1 saturated heterocycles. The SMILES string of the molecule is CC(N)C(=O)Nc1cccc(-c2nn3c(N4CCNCC4)cc(=O)nc3s2)c1. The van der Waals surface area contributed by atoms with E-state index in [1.165, 1.54) is 17.4 Å². The third-order valence-electron chi connectivity index (χ3n) is 4.47. The first-order valence-electron chi connectivity index (χ1n) is 9.05. The normalized spacial score (nSPS) is 15.6. The Labute approximate surface area is 165 Å². The Morgan fingerprint density at radius 2 is 2.11 bits per heavy atom. The second-order valence-corrected chi connectivity index (χ2v) is 7.61. The third kappa shape index (κ3) is 3.75. The molecule has 1 aliphatic rings. The molecule has 0 radical (unpaired) electrons. The van der Waals surface area contributed by atoms with Crippen LogP contribution in [0.25, 0.3) is 15.5 Å². The minimum absolute atomic E-state index is 0.255. The summed E-state index contributed by atoms with van der Waals surface area (Å²) in [6, 6.07) is 8.31. The van der Waals surface area contributed by atoms with E-state index >= 15 is 0 Å². The highest BCUT2D eigenvalue weighted by atomic mass is 32.1. The molecule has 1 fully saturated rings. The van der Waals surface area contributed by atoms with E-state index in [1.807, 2.05) is 18.2 Å². The highest BCUT2D eigenvalue weighted by Crippen LogP contribution is 2.28. The summed E-state index contributed by atoms with van der Waals surface area (Å²) in [6.07, 6.45) is 0. The standard InChI is InChI=1S/C18H21N7O2S/c1-11(19)16(27)21-13-4-2-3-12(9-13)17-23-25-15(24-7-5-20-6-8-24)10-14(26)22-18(25)28-17/h2-4,9-11,20H,5-8,19H2,1H3,(H,21,27). The number of anilines is 2. The van der Waals surface area contributed by atoms with Crippen molar-refractivity contribution in [2.75, 3.05) is 36.4 Å². The molecular weight excluding hydrogens is 378 g/mol. The van der Waals surface area contributed by atoms with Crippen molar-refractivity contribution in [3.8, 4) is 10.6 Å². The molecule has 0 spiro atoms. The number of carbonyl (C=O) groups is 1. The fourth-order valence-corrected chi connectivity index (χ4v) is 3.92. The van der Waals surface area contributed by atoms with Gasteiger partial charge in [-0.3, -0.25) is 9.59 Å². The van der Waals surface area contributed by atoms with Crippen LogP contribution in [0.5, 0.6) is 0 Å². The molecule has 10 heteroatoms. The number of nitrogens with two attached hydrogens (primary N) is 1. The number of carbonyl (C=O) groups excluding carboxylic acids is 1. The maximum absolute atomic E-state index is 12.1. The van der Waals surface area contributed by atoms with Gasteiger partial charge in [-0.25, -0.2) is 0 Å². The minimum atomic E-state index is -0.595. The Kier molecular flexibility index (Phi) is 5.07. The fraction of sp³-hybridized carbons (Fsp3) is 0.333. The lowest BCUT2D eigenvalue weighted by molar-refractivity contribution is -0.117. The van der Waals surface area contributed by atoms with Gasteiger partial charge in [0.05, 0.1) is 6.04 Å². The predicted molar refractivity (Wildman–Crippen MR) is 110 cm³/mol. The van der Waals surface area contributed by atoms with Crippen molar-refractivity contribution < 1.29 is 4.79 Å². The molecule has 146 valence electrons. The van der Waals surface area contributed by atoms with E-state index in [9.17, 15) is 9.59 Å². The molecule has 1 aromatic carbocycles. The molecule has 1 unspecified atom stereocenters. The lowest BCUT2D eigenvalue weighted by Gasteiger charge is -2.28. The van der Waals surface area contributed by atoms with E-state index in [1.54, 1.807) is 17.5 Å². The van der Waals surface area contributed by atoms with Gasteiger partial charge in [0.2, 0.25) is 10.9 Å². The summed E-state index contributed by atoms with van der Waals surface area (Å²) in [5.74, 6) is 0.495. The van der Waals surface area contributed by atoms with E-state index in [4.69, 9.17) is 5.73 Å². The Morgan fingerprint density at radius 1 is 1.32 bits per heavy atom. The Morgan fingerprint density at radius 3 is 2.86 bits per heavy atom. The van der Waals surface area contributed by atoms with Crippen LogP contribution in [0.2, 0.25) is 0 Å². The van der Waals surface area contributed by atoms with E-state index < -0.39 is 6.04 Å². The third-order valence-corrected chi connectivity index (χ3v) is 5.42. The van der Waals surface area contributed by atoms with Gasteiger partial charge in [0.25, 0.3) is 5.56 Å². The highest BCUT2D eigenvalue weighted by Gasteiger charge is 2.18. The number of nitrogens with zero attached hydrogens (tertiary/aromatic N) is 4. The fourth-order valence-electron chi connectivity index (χ4n) is 3.02. The molecule has 28 heavy (non-hydrogen) atoms. The number of amides is 1. The quantitative estimate of drug-likeness (QED) is 0.585. The van der Waals surface area contributed by atoms with Gasteiger partial charge in [-0.1, -0.05) is 23.5 Å². The maximum Gasteiger partial charge on any atom is 0.276 e. The van der Waals surface area contributed by atoms with Crippen molar-refractivity contribution in [1.82, 2.24) is 19.9 Å². The van der Waals surface area contributed by atoms with Gasteiger partial charge in [-0.05, 0) is 19.1 Å². The smallest absolute Gasteiger partial charge is 0.276 e. The van der Waals surface area contributed by atoms with Crippen LogP contribution in [0.4, 0.5) is 11.5 Å². The van der Waals surface area contributed by atoms with E-state index in [0.29, 0.717) is 15.7 Å². The first-order valence-corrected chi connectivity index (χ1v) is 9.86. The maximum atomic E-state index is 12.1. The van der Waals surface area contributed by atoms with Gasteiger partial charge in [0.15, 0.2) is 0 Å². The largest absolute Gasteiger partial charge is 0.354 e. The second-order valence-electron chi connectivity index (χ2n) is 6.65. The Bertz CT molecular complexity index is 1070. The van der Waals surface area contributed by atoms with Crippen LogP contribution < -0.4 is 26.8 Å². The molecule has 1 atom stereocenters. The van der Waals surface area contributed by atoms with Crippen molar-refractivity contribution in [1.29, 1.82) is 0 Å². The topological polar surface area (TPSA) is 118 Å². The van der Waals surface area contributed by atoms with Gasteiger partial charge in [0.1, 0.15) is 10.8 Å². The van der Waals surface area contributed by atoms with Gasteiger partial charge in [-0.15, -0.1) is 0 Å². The molecule has 4 rings (SSSR count). The second kappa shape index (κ2) is 7.66. The van der Waals surface area contributed by atoms with Crippen LogP contribution in [-0.4, -0.2) is 52.7 Å². The number of fused-ring (bicyclic) bond motifs is 1. The molecule has 1 amide bonds. The molecule has 9 nitrogen and oxygen atoms in total. The molecular formula is C18H21N7O2S. The number of benzene rings is 1. The number of hydrogen-bond donors (Lipinski definition) is 3. The van der Waals surface area contributed by atoms with E-state index in [-0.39, 0.29) is 11.5 Å². The van der Waals surface area contributed by atoms with Crippen LogP contribution >= 0.6 is 11.3 Å². The summed E-state index contributed by atoms with van der Waals surface area (Å²) in [7, 11) is 0. The van der Waals surface area contributed by atoms with Crippen molar-refractivity contribution in [3.05, 3.63) is 40.7 Å². The zero-order valence-electron chi connectivity index (χ0n) is 15.4. The molecule has 0 aliphatic carbocycles.